The second-order valence-electron chi connectivity index (χ2n) is 7.81. The van der Waals surface area contributed by atoms with Crippen molar-refractivity contribution in [3.8, 4) is 0 Å². The molecule has 1 aliphatic carbocycles. The van der Waals surface area contributed by atoms with Gasteiger partial charge >= 0.3 is 0 Å². The molecule has 1 N–H and O–H groups in total. The molecule has 0 radical (unpaired) electrons. The van der Waals surface area contributed by atoms with Gasteiger partial charge in [-0.15, -0.1) is 0 Å². The van der Waals surface area contributed by atoms with Crippen molar-refractivity contribution in [1.82, 2.24) is 10.2 Å². The van der Waals surface area contributed by atoms with Crippen LogP contribution in [-0.2, 0) is 10.2 Å². The third-order valence-electron chi connectivity index (χ3n) is 5.90. The quantitative estimate of drug-likeness (QED) is 0.807. The fourth-order valence-electron chi connectivity index (χ4n) is 4.55. The Morgan fingerprint density at radius 2 is 1.96 bits per heavy atom. The fraction of sp³-hybridized carbons (Fsp3) is 0.667. The van der Waals surface area contributed by atoms with Crippen LogP contribution in [0.1, 0.15) is 57.4 Å². The molecule has 3 heteroatoms. The number of hydrogen-bond acceptors (Lipinski definition) is 2. The van der Waals surface area contributed by atoms with Gasteiger partial charge in [0.2, 0.25) is 5.91 Å². The molecule has 0 aromatic heterocycles. The number of amides is 1. The lowest BCUT2D eigenvalue weighted by molar-refractivity contribution is -0.126. The van der Waals surface area contributed by atoms with Crippen molar-refractivity contribution >= 4 is 5.91 Å². The van der Waals surface area contributed by atoms with E-state index in [2.05, 4.69) is 41.4 Å². The van der Waals surface area contributed by atoms with E-state index in [1.807, 2.05) is 6.07 Å². The predicted molar refractivity (Wildman–Crippen MR) is 99.1 cm³/mol. The van der Waals surface area contributed by atoms with E-state index in [0.29, 0.717) is 0 Å². The summed E-state index contributed by atoms with van der Waals surface area (Å²) < 4.78 is 0. The summed E-state index contributed by atoms with van der Waals surface area (Å²) in [6.45, 7) is 6.72. The van der Waals surface area contributed by atoms with Crippen LogP contribution in [-0.4, -0.2) is 37.0 Å². The lowest BCUT2D eigenvalue weighted by Gasteiger charge is -2.31. The minimum Gasteiger partial charge on any atom is -0.355 e. The Bertz CT molecular complexity index is 522. The van der Waals surface area contributed by atoms with Crippen LogP contribution < -0.4 is 5.32 Å². The third kappa shape index (κ3) is 4.00. The summed E-state index contributed by atoms with van der Waals surface area (Å²) in [6.07, 6.45) is 8.06. The van der Waals surface area contributed by atoms with Crippen LogP contribution in [0.3, 0.4) is 0 Å². The molecule has 2 aliphatic rings. The standard InChI is InChI=1S/C21H32N2O/c1-18-9-7-15-23(17-18)16-8-14-22-20(24)21(12-5-6-13-21)19-10-3-2-4-11-19/h2-4,10-11,18H,5-9,12-17H2,1H3,(H,22,24)/t18-/m1/s1. The Labute approximate surface area is 146 Å². The molecular weight excluding hydrogens is 296 g/mol. The van der Waals surface area contributed by atoms with E-state index in [1.165, 1.54) is 31.5 Å². The maximum absolute atomic E-state index is 12.9. The van der Waals surface area contributed by atoms with Gasteiger partial charge in [-0.2, -0.15) is 0 Å². The van der Waals surface area contributed by atoms with Crippen LogP contribution in [0.5, 0.6) is 0 Å². The number of benzene rings is 1. The van der Waals surface area contributed by atoms with Gasteiger partial charge in [0.25, 0.3) is 0 Å². The molecule has 3 rings (SSSR count). The molecule has 2 fully saturated rings. The van der Waals surface area contributed by atoms with E-state index in [-0.39, 0.29) is 11.3 Å². The Morgan fingerprint density at radius 1 is 1.21 bits per heavy atom. The summed E-state index contributed by atoms with van der Waals surface area (Å²) >= 11 is 0. The highest BCUT2D eigenvalue weighted by atomic mass is 16.2. The Balaban J connectivity index is 1.50. The molecule has 1 heterocycles. The number of carbonyl (C=O) groups excluding carboxylic acids is 1. The number of rotatable bonds is 6. The first-order valence-electron chi connectivity index (χ1n) is 9.77. The lowest BCUT2D eigenvalue weighted by Crippen LogP contribution is -2.43. The maximum atomic E-state index is 12.9. The van der Waals surface area contributed by atoms with Crippen LogP contribution in [0.4, 0.5) is 0 Å². The number of hydrogen-bond donors (Lipinski definition) is 1. The van der Waals surface area contributed by atoms with Gasteiger partial charge in [-0.3, -0.25) is 4.79 Å². The second kappa shape index (κ2) is 8.15. The SMILES string of the molecule is C[C@@H]1CCCN(CCCNC(=O)C2(c3ccccc3)CCCC2)C1. The monoisotopic (exact) mass is 328 g/mol. The molecule has 0 unspecified atom stereocenters. The number of nitrogens with zero attached hydrogens (tertiary/aromatic N) is 1. The molecule has 1 atom stereocenters. The molecule has 24 heavy (non-hydrogen) atoms. The van der Waals surface area contributed by atoms with Crippen molar-refractivity contribution in [3.05, 3.63) is 35.9 Å². The van der Waals surface area contributed by atoms with Crippen molar-refractivity contribution in [2.45, 2.75) is 57.3 Å². The number of carbonyl (C=O) groups is 1. The minimum atomic E-state index is -0.277. The van der Waals surface area contributed by atoms with Crippen LogP contribution in [0.2, 0.25) is 0 Å². The van der Waals surface area contributed by atoms with Gasteiger partial charge in [-0.25, -0.2) is 0 Å². The van der Waals surface area contributed by atoms with E-state index in [4.69, 9.17) is 0 Å². The Kier molecular flexibility index (Phi) is 5.94. The molecule has 1 amide bonds. The van der Waals surface area contributed by atoms with Gasteiger partial charge in [0.1, 0.15) is 0 Å². The predicted octanol–water partition coefficient (Wildman–Crippen LogP) is 3.74. The van der Waals surface area contributed by atoms with E-state index in [1.54, 1.807) is 0 Å². The first-order chi connectivity index (χ1) is 11.7. The number of likely N-dealkylation sites (tertiary alicyclic amines) is 1. The molecule has 0 spiro atoms. The normalized spacial score (nSPS) is 24.0. The summed E-state index contributed by atoms with van der Waals surface area (Å²) in [7, 11) is 0. The molecule has 1 aromatic carbocycles. The first-order valence-corrected chi connectivity index (χ1v) is 9.77. The zero-order chi connectivity index (χ0) is 16.8. The summed E-state index contributed by atoms with van der Waals surface area (Å²) in [5, 5.41) is 3.25. The molecule has 0 bridgehead atoms. The average Bonchev–Trinajstić information content (AvgIpc) is 3.10. The molecule has 1 saturated heterocycles. The van der Waals surface area contributed by atoms with E-state index < -0.39 is 0 Å². The summed E-state index contributed by atoms with van der Waals surface area (Å²) in [5.41, 5.74) is 0.922. The largest absolute Gasteiger partial charge is 0.355 e. The molecule has 1 saturated carbocycles. The average molecular weight is 329 g/mol. The van der Waals surface area contributed by atoms with Crippen molar-refractivity contribution in [3.63, 3.8) is 0 Å². The van der Waals surface area contributed by atoms with E-state index in [0.717, 1.165) is 51.1 Å². The lowest BCUT2D eigenvalue weighted by atomic mass is 9.78. The highest BCUT2D eigenvalue weighted by Gasteiger charge is 2.42. The fourth-order valence-corrected chi connectivity index (χ4v) is 4.55. The number of nitrogens with one attached hydrogen (secondary N) is 1. The molecular formula is C21H32N2O. The minimum absolute atomic E-state index is 0.248. The Hall–Kier alpha value is -1.35. The molecule has 3 nitrogen and oxygen atoms in total. The van der Waals surface area contributed by atoms with Crippen LogP contribution in [0.15, 0.2) is 30.3 Å². The van der Waals surface area contributed by atoms with Crippen molar-refractivity contribution in [2.75, 3.05) is 26.2 Å². The van der Waals surface area contributed by atoms with Crippen molar-refractivity contribution in [2.24, 2.45) is 5.92 Å². The first kappa shape index (κ1) is 17.5. The molecule has 132 valence electrons. The molecule has 1 aliphatic heterocycles. The number of piperidine rings is 1. The highest BCUT2D eigenvalue weighted by Crippen LogP contribution is 2.41. The third-order valence-corrected chi connectivity index (χ3v) is 5.90. The van der Waals surface area contributed by atoms with Gasteiger partial charge in [-0.05, 0) is 56.7 Å². The van der Waals surface area contributed by atoms with Gasteiger partial charge in [-0.1, -0.05) is 50.1 Å². The maximum Gasteiger partial charge on any atom is 0.230 e. The Morgan fingerprint density at radius 3 is 2.67 bits per heavy atom. The summed E-state index contributed by atoms with van der Waals surface area (Å²) in [5.74, 6) is 1.08. The second-order valence-corrected chi connectivity index (χ2v) is 7.81. The zero-order valence-electron chi connectivity index (χ0n) is 15.1. The smallest absolute Gasteiger partial charge is 0.230 e. The van der Waals surface area contributed by atoms with Gasteiger partial charge in [0, 0.05) is 13.1 Å². The van der Waals surface area contributed by atoms with Crippen LogP contribution >= 0.6 is 0 Å². The zero-order valence-corrected chi connectivity index (χ0v) is 15.1. The van der Waals surface area contributed by atoms with Crippen LogP contribution in [0.25, 0.3) is 0 Å². The molecule has 1 aromatic rings. The topological polar surface area (TPSA) is 32.3 Å². The van der Waals surface area contributed by atoms with E-state index in [9.17, 15) is 4.79 Å². The van der Waals surface area contributed by atoms with Crippen molar-refractivity contribution in [1.29, 1.82) is 0 Å². The van der Waals surface area contributed by atoms with Crippen LogP contribution in [0, 0.1) is 5.92 Å². The van der Waals surface area contributed by atoms with Gasteiger partial charge in [0.05, 0.1) is 5.41 Å². The highest BCUT2D eigenvalue weighted by molar-refractivity contribution is 5.88. The summed E-state index contributed by atoms with van der Waals surface area (Å²) in [4.78, 5) is 15.5. The van der Waals surface area contributed by atoms with Gasteiger partial charge < -0.3 is 10.2 Å². The van der Waals surface area contributed by atoms with E-state index >= 15 is 0 Å². The van der Waals surface area contributed by atoms with Gasteiger partial charge in [0.15, 0.2) is 0 Å². The van der Waals surface area contributed by atoms with Crippen molar-refractivity contribution < 1.29 is 4.79 Å². The summed E-state index contributed by atoms with van der Waals surface area (Å²) in [6, 6.07) is 10.4.